The Morgan fingerprint density at radius 1 is 1.41 bits per heavy atom. The smallest absolute Gasteiger partial charge is 0.157 e. The average molecular weight is 232 g/mol. The van der Waals surface area contributed by atoms with Crippen molar-refractivity contribution in [2.24, 2.45) is 0 Å². The molecule has 17 heavy (non-hydrogen) atoms. The van der Waals surface area contributed by atoms with Crippen LogP contribution in [0.15, 0.2) is 30.6 Å². The summed E-state index contributed by atoms with van der Waals surface area (Å²) in [4.78, 5) is 4.51. The molecule has 2 rings (SSSR count). The lowest BCUT2D eigenvalue weighted by atomic mass is 10.3. The lowest BCUT2D eigenvalue weighted by molar-refractivity contribution is 0.414. The summed E-state index contributed by atoms with van der Waals surface area (Å²) in [7, 11) is 1.62. The first-order valence-electron chi connectivity index (χ1n) is 5.59. The minimum Gasteiger partial charge on any atom is -0.493 e. The molecule has 0 spiro atoms. The second kappa shape index (κ2) is 5.45. The number of rotatable bonds is 5. The summed E-state index contributed by atoms with van der Waals surface area (Å²) >= 11 is 0. The maximum Gasteiger partial charge on any atom is 0.157 e. The van der Waals surface area contributed by atoms with Crippen LogP contribution in [-0.2, 0) is 6.54 Å². The van der Waals surface area contributed by atoms with Crippen LogP contribution >= 0.6 is 0 Å². The number of aromatic nitrogens is 3. The summed E-state index contributed by atoms with van der Waals surface area (Å²) in [6.07, 6.45) is 3.47. The third-order valence-corrected chi connectivity index (χ3v) is 2.38. The molecule has 5 heteroatoms. The van der Waals surface area contributed by atoms with Gasteiger partial charge in [0.15, 0.2) is 11.6 Å². The first-order valence-corrected chi connectivity index (χ1v) is 5.59. The van der Waals surface area contributed by atoms with Crippen molar-refractivity contribution in [3.63, 3.8) is 0 Å². The van der Waals surface area contributed by atoms with Crippen molar-refractivity contribution in [2.75, 3.05) is 13.7 Å². The molecule has 0 saturated heterocycles. The number of hydrogen-bond donors (Lipinski definition) is 1. The number of ether oxygens (including phenoxy) is 1. The van der Waals surface area contributed by atoms with Gasteiger partial charge in [0.25, 0.3) is 0 Å². The lowest BCUT2D eigenvalue weighted by Gasteiger charge is -2.04. The zero-order valence-electron chi connectivity index (χ0n) is 10.1. The van der Waals surface area contributed by atoms with E-state index in [1.807, 2.05) is 18.2 Å². The second-order valence-electron chi connectivity index (χ2n) is 3.59. The van der Waals surface area contributed by atoms with E-state index in [1.54, 1.807) is 24.2 Å². The van der Waals surface area contributed by atoms with E-state index in [0.29, 0.717) is 0 Å². The van der Waals surface area contributed by atoms with Gasteiger partial charge in [0.05, 0.1) is 25.2 Å². The Morgan fingerprint density at radius 2 is 2.29 bits per heavy atom. The molecule has 2 heterocycles. The molecular formula is C12H16N4O. The highest BCUT2D eigenvalue weighted by atomic mass is 16.5. The summed E-state index contributed by atoms with van der Waals surface area (Å²) in [5.41, 5.74) is 0.999. The zero-order chi connectivity index (χ0) is 12.1. The fourth-order valence-electron chi connectivity index (χ4n) is 1.48. The van der Waals surface area contributed by atoms with Crippen LogP contribution in [0.25, 0.3) is 5.82 Å². The van der Waals surface area contributed by atoms with Gasteiger partial charge < -0.3 is 10.1 Å². The molecule has 0 aliphatic heterocycles. The summed E-state index contributed by atoms with van der Waals surface area (Å²) in [5, 5.41) is 7.43. The Labute approximate surface area is 100 Å². The summed E-state index contributed by atoms with van der Waals surface area (Å²) < 4.78 is 6.79. The van der Waals surface area contributed by atoms with Crippen LogP contribution < -0.4 is 10.1 Å². The van der Waals surface area contributed by atoms with Crippen molar-refractivity contribution in [1.29, 1.82) is 0 Å². The van der Waals surface area contributed by atoms with E-state index >= 15 is 0 Å². The van der Waals surface area contributed by atoms with E-state index < -0.39 is 0 Å². The predicted octanol–water partition coefficient (Wildman–Crippen LogP) is 1.39. The van der Waals surface area contributed by atoms with E-state index in [2.05, 4.69) is 22.3 Å². The Morgan fingerprint density at radius 3 is 3.00 bits per heavy atom. The molecule has 0 radical (unpaired) electrons. The molecule has 0 aliphatic rings. The van der Waals surface area contributed by atoms with Crippen LogP contribution in [0.4, 0.5) is 0 Å². The standard InChI is InChI=1S/C12H16N4O/c1-3-13-7-10-5-4-6-12(15-10)16-9-11(17-2)8-14-16/h4-6,8-9,13H,3,7H2,1-2H3. The highest BCUT2D eigenvalue weighted by molar-refractivity contribution is 5.26. The third kappa shape index (κ3) is 2.82. The molecule has 0 bridgehead atoms. The van der Waals surface area contributed by atoms with Gasteiger partial charge in [-0.25, -0.2) is 9.67 Å². The van der Waals surface area contributed by atoms with Gasteiger partial charge in [0, 0.05) is 6.54 Å². The third-order valence-electron chi connectivity index (χ3n) is 2.38. The molecule has 1 N–H and O–H groups in total. The van der Waals surface area contributed by atoms with Crippen LogP contribution in [0, 0.1) is 0 Å². The van der Waals surface area contributed by atoms with Crippen molar-refractivity contribution >= 4 is 0 Å². The Hall–Kier alpha value is -1.88. The van der Waals surface area contributed by atoms with E-state index in [9.17, 15) is 0 Å². The van der Waals surface area contributed by atoms with Gasteiger partial charge in [-0.3, -0.25) is 0 Å². The number of hydrogen-bond acceptors (Lipinski definition) is 4. The van der Waals surface area contributed by atoms with Gasteiger partial charge in [-0.2, -0.15) is 5.10 Å². The molecular weight excluding hydrogens is 216 g/mol. The summed E-state index contributed by atoms with van der Waals surface area (Å²) in [6, 6.07) is 5.89. The van der Waals surface area contributed by atoms with Gasteiger partial charge in [-0.05, 0) is 18.7 Å². The van der Waals surface area contributed by atoms with Crippen molar-refractivity contribution in [1.82, 2.24) is 20.1 Å². The van der Waals surface area contributed by atoms with Crippen LogP contribution in [-0.4, -0.2) is 28.4 Å². The topological polar surface area (TPSA) is 52.0 Å². The maximum atomic E-state index is 5.09. The number of nitrogens with one attached hydrogen (secondary N) is 1. The highest BCUT2D eigenvalue weighted by Gasteiger charge is 2.02. The van der Waals surface area contributed by atoms with Gasteiger partial charge in [-0.1, -0.05) is 13.0 Å². The predicted molar refractivity (Wildman–Crippen MR) is 65.3 cm³/mol. The largest absolute Gasteiger partial charge is 0.493 e. The number of nitrogens with zero attached hydrogens (tertiary/aromatic N) is 3. The molecule has 0 atom stereocenters. The summed E-state index contributed by atoms with van der Waals surface area (Å²) in [5.74, 6) is 1.52. The lowest BCUT2D eigenvalue weighted by Crippen LogP contribution is -2.13. The highest BCUT2D eigenvalue weighted by Crippen LogP contribution is 2.11. The molecule has 2 aromatic rings. The minimum atomic E-state index is 0.726. The molecule has 0 unspecified atom stereocenters. The average Bonchev–Trinajstić information content (AvgIpc) is 2.85. The number of pyridine rings is 1. The van der Waals surface area contributed by atoms with E-state index in [0.717, 1.165) is 30.4 Å². The maximum absolute atomic E-state index is 5.09. The quantitative estimate of drug-likeness (QED) is 0.846. The van der Waals surface area contributed by atoms with Gasteiger partial charge >= 0.3 is 0 Å². The molecule has 90 valence electrons. The van der Waals surface area contributed by atoms with Crippen LogP contribution in [0.2, 0.25) is 0 Å². The first kappa shape index (κ1) is 11.6. The van der Waals surface area contributed by atoms with Gasteiger partial charge in [0.2, 0.25) is 0 Å². The van der Waals surface area contributed by atoms with E-state index in [1.165, 1.54) is 0 Å². The van der Waals surface area contributed by atoms with Gasteiger partial charge in [0.1, 0.15) is 0 Å². The molecule has 0 aromatic carbocycles. The molecule has 0 aliphatic carbocycles. The number of methoxy groups -OCH3 is 1. The summed E-state index contributed by atoms with van der Waals surface area (Å²) in [6.45, 7) is 3.77. The Balaban J connectivity index is 2.20. The van der Waals surface area contributed by atoms with Crippen molar-refractivity contribution < 1.29 is 4.74 Å². The van der Waals surface area contributed by atoms with Crippen LogP contribution in [0.5, 0.6) is 5.75 Å². The zero-order valence-corrected chi connectivity index (χ0v) is 10.1. The molecule has 0 saturated carbocycles. The van der Waals surface area contributed by atoms with Gasteiger partial charge in [-0.15, -0.1) is 0 Å². The fraction of sp³-hybridized carbons (Fsp3) is 0.333. The molecule has 0 amide bonds. The van der Waals surface area contributed by atoms with Crippen LogP contribution in [0.1, 0.15) is 12.6 Å². The minimum absolute atomic E-state index is 0.726. The Kier molecular flexibility index (Phi) is 3.72. The van der Waals surface area contributed by atoms with E-state index in [-0.39, 0.29) is 0 Å². The first-order chi connectivity index (χ1) is 8.33. The normalized spacial score (nSPS) is 10.5. The molecule has 0 fully saturated rings. The molecule has 2 aromatic heterocycles. The SMILES string of the molecule is CCNCc1cccc(-n2cc(OC)cn2)n1. The van der Waals surface area contributed by atoms with Crippen molar-refractivity contribution in [3.05, 3.63) is 36.3 Å². The van der Waals surface area contributed by atoms with Crippen molar-refractivity contribution in [2.45, 2.75) is 13.5 Å². The second-order valence-corrected chi connectivity index (χ2v) is 3.59. The molecule has 5 nitrogen and oxygen atoms in total. The Bertz CT molecular complexity index is 481. The van der Waals surface area contributed by atoms with Crippen molar-refractivity contribution in [3.8, 4) is 11.6 Å². The van der Waals surface area contributed by atoms with Crippen LogP contribution in [0.3, 0.4) is 0 Å². The van der Waals surface area contributed by atoms with E-state index in [4.69, 9.17) is 4.74 Å². The fourth-order valence-corrected chi connectivity index (χ4v) is 1.48. The monoisotopic (exact) mass is 232 g/mol.